The topological polar surface area (TPSA) is 51.8 Å². The maximum absolute atomic E-state index is 5.81. The van der Waals surface area contributed by atoms with E-state index in [0.29, 0.717) is 11.6 Å². The average Bonchev–Trinajstić information content (AvgIpc) is 2.27. The molecule has 0 aliphatic heterocycles. The van der Waals surface area contributed by atoms with Gasteiger partial charge in [-0.1, -0.05) is 30.0 Å². The summed E-state index contributed by atoms with van der Waals surface area (Å²) in [5.74, 6) is 1.27. The Hall–Kier alpha value is -1.55. The number of nitrogens with zero attached hydrogens (tertiary/aromatic N) is 2. The normalized spacial score (nSPS) is 10.4. The van der Waals surface area contributed by atoms with Gasteiger partial charge in [0.15, 0.2) is 0 Å². The summed E-state index contributed by atoms with van der Waals surface area (Å²) in [4.78, 5) is 9.69. The SMILES string of the molecule is Cc1nc(N)c(C)c(Sc2ccccc2)n1. The van der Waals surface area contributed by atoms with E-state index in [2.05, 4.69) is 22.1 Å². The minimum absolute atomic E-state index is 0.561. The molecule has 1 heterocycles. The smallest absolute Gasteiger partial charge is 0.131 e. The lowest BCUT2D eigenvalue weighted by Crippen LogP contribution is -2.01. The zero-order chi connectivity index (χ0) is 11.5. The molecule has 3 nitrogen and oxygen atoms in total. The number of nitrogens with two attached hydrogens (primary N) is 1. The van der Waals surface area contributed by atoms with E-state index in [9.17, 15) is 0 Å². The van der Waals surface area contributed by atoms with Crippen molar-refractivity contribution in [1.29, 1.82) is 0 Å². The van der Waals surface area contributed by atoms with Crippen LogP contribution >= 0.6 is 11.8 Å². The first-order chi connectivity index (χ1) is 7.66. The Balaban J connectivity index is 2.35. The van der Waals surface area contributed by atoms with Gasteiger partial charge < -0.3 is 5.73 Å². The maximum Gasteiger partial charge on any atom is 0.131 e. The van der Waals surface area contributed by atoms with Crippen molar-refractivity contribution in [1.82, 2.24) is 9.97 Å². The number of hydrogen-bond acceptors (Lipinski definition) is 4. The van der Waals surface area contributed by atoms with Gasteiger partial charge in [-0.15, -0.1) is 0 Å². The Bertz CT molecular complexity index is 497. The number of nitrogen functional groups attached to an aromatic ring is 1. The van der Waals surface area contributed by atoms with E-state index in [-0.39, 0.29) is 0 Å². The van der Waals surface area contributed by atoms with Crippen molar-refractivity contribution in [3.63, 3.8) is 0 Å². The average molecular weight is 231 g/mol. The van der Waals surface area contributed by atoms with E-state index >= 15 is 0 Å². The van der Waals surface area contributed by atoms with Crippen LogP contribution in [0.15, 0.2) is 40.3 Å². The van der Waals surface area contributed by atoms with E-state index in [1.807, 2.05) is 32.0 Å². The molecule has 0 spiro atoms. The summed E-state index contributed by atoms with van der Waals surface area (Å²) in [6, 6.07) is 10.1. The Morgan fingerprint density at radius 2 is 1.75 bits per heavy atom. The van der Waals surface area contributed by atoms with Crippen LogP contribution in [0.2, 0.25) is 0 Å². The zero-order valence-corrected chi connectivity index (χ0v) is 10.1. The van der Waals surface area contributed by atoms with E-state index in [4.69, 9.17) is 5.73 Å². The molecule has 16 heavy (non-hydrogen) atoms. The molecule has 2 N–H and O–H groups in total. The molecule has 4 heteroatoms. The first-order valence-corrected chi connectivity index (χ1v) is 5.82. The third kappa shape index (κ3) is 2.33. The molecule has 0 bridgehead atoms. The van der Waals surface area contributed by atoms with Crippen LogP contribution in [-0.2, 0) is 0 Å². The van der Waals surface area contributed by atoms with Crippen molar-refractivity contribution < 1.29 is 0 Å². The molecule has 2 rings (SSSR count). The van der Waals surface area contributed by atoms with Crippen LogP contribution in [0.1, 0.15) is 11.4 Å². The highest BCUT2D eigenvalue weighted by molar-refractivity contribution is 7.99. The van der Waals surface area contributed by atoms with Crippen molar-refractivity contribution in [2.24, 2.45) is 0 Å². The van der Waals surface area contributed by atoms with Crippen molar-refractivity contribution >= 4 is 17.6 Å². The lowest BCUT2D eigenvalue weighted by atomic mass is 10.3. The van der Waals surface area contributed by atoms with Gasteiger partial charge in [0.05, 0.1) is 0 Å². The van der Waals surface area contributed by atoms with Crippen molar-refractivity contribution in [2.75, 3.05) is 5.73 Å². The molecule has 2 aromatic rings. The summed E-state index contributed by atoms with van der Waals surface area (Å²) < 4.78 is 0. The van der Waals surface area contributed by atoms with Crippen LogP contribution in [0, 0.1) is 13.8 Å². The fourth-order valence-corrected chi connectivity index (χ4v) is 2.27. The largest absolute Gasteiger partial charge is 0.383 e. The molecule has 0 atom stereocenters. The molecule has 0 amide bonds. The number of anilines is 1. The molecule has 1 aromatic carbocycles. The monoisotopic (exact) mass is 231 g/mol. The summed E-state index contributed by atoms with van der Waals surface area (Å²) >= 11 is 1.61. The molecule has 0 fully saturated rings. The summed E-state index contributed by atoms with van der Waals surface area (Å²) in [7, 11) is 0. The number of rotatable bonds is 2. The standard InChI is InChI=1S/C12H13N3S/c1-8-11(13)14-9(2)15-12(8)16-10-6-4-3-5-7-10/h3-7H,1-2H3,(H2,13,14,15). The Morgan fingerprint density at radius 1 is 1.06 bits per heavy atom. The zero-order valence-electron chi connectivity index (χ0n) is 9.27. The molecule has 0 aliphatic carbocycles. The molecular formula is C12H13N3S. The molecule has 0 aliphatic rings. The third-order valence-electron chi connectivity index (χ3n) is 2.21. The fourth-order valence-electron chi connectivity index (χ4n) is 1.32. The van der Waals surface area contributed by atoms with Crippen molar-refractivity contribution in [2.45, 2.75) is 23.8 Å². The number of benzene rings is 1. The van der Waals surface area contributed by atoms with Gasteiger partial charge in [0.1, 0.15) is 16.7 Å². The van der Waals surface area contributed by atoms with Gasteiger partial charge in [-0.3, -0.25) is 0 Å². The molecule has 0 radical (unpaired) electrons. The molecular weight excluding hydrogens is 218 g/mol. The summed E-state index contributed by atoms with van der Waals surface area (Å²) in [6.07, 6.45) is 0. The molecule has 0 unspecified atom stereocenters. The van der Waals surface area contributed by atoms with E-state index in [1.165, 1.54) is 0 Å². The van der Waals surface area contributed by atoms with Crippen LogP contribution in [0.5, 0.6) is 0 Å². The highest BCUT2D eigenvalue weighted by Crippen LogP contribution is 2.29. The lowest BCUT2D eigenvalue weighted by Gasteiger charge is -2.07. The molecule has 82 valence electrons. The van der Waals surface area contributed by atoms with Gasteiger partial charge in [0.2, 0.25) is 0 Å². The minimum atomic E-state index is 0.561. The first-order valence-electron chi connectivity index (χ1n) is 5.00. The van der Waals surface area contributed by atoms with E-state index < -0.39 is 0 Å². The van der Waals surface area contributed by atoms with Gasteiger partial charge >= 0.3 is 0 Å². The number of aryl methyl sites for hydroxylation is 1. The Kier molecular flexibility index (Phi) is 3.10. The molecule has 0 saturated carbocycles. The maximum atomic E-state index is 5.81. The second kappa shape index (κ2) is 4.53. The third-order valence-corrected chi connectivity index (χ3v) is 3.31. The highest BCUT2D eigenvalue weighted by atomic mass is 32.2. The van der Waals surface area contributed by atoms with Gasteiger partial charge in [-0.25, -0.2) is 9.97 Å². The predicted molar refractivity (Wildman–Crippen MR) is 66.5 cm³/mol. The second-order valence-electron chi connectivity index (χ2n) is 3.50. The fraction of sp³-hybridized carbons (Fsp3) is 0.167. The summed E-state index contributed by atoms with van der Waals surface area (Å²) in [6.45, 7) is 3.80. The van der Waals surface area contributed by atoms with Crippen LogP contribution in [0.25, 0.3) is 0 Å². The van der Waals surface area contributed by atoms with Gasteiger partial charge in [-0.2, -0.15) is 0 Å². The van der Waals surface area contributed by atoms with Crippen molar-refractivity contribution in [3.05, 3.63) is 41.7 Å². The minimum Gasteiger partial charge on any atom is -0.383 e. The Morgan fingerprint density at radius 3 is 2.44 bits per heavy atom. The van der Waals surface area contributed by atoms with Gasteiger partial charge in [-0.05, 0) is 26.0 Å². The van der Waals surface area contributed by atoms with Gasteiger partial charge in [0.25, 0.3) is 0 Å². The van der Waals surface area contributed by atoms with Crippen LogP contribution < -0.4 is 5.73 Å². The van der Waals surface area contributed by atoms with Gasteiger partial charge in [0, 0.05) is 10.5 Å². The lowest BCUT2D eigenvalue weighted by molar-refractivity contribution is 0.947. The van der Waals surface area contributed by atoms with E-state index in [1.54, 1.807) is 11.8 Å². The van der Waals surface area contributed by atoms with Crippen molar-refractivity contribution in [3.8, 4) is 0 Å². The summed E-state index contributed by atoms with van der Waals surface area (Å²) in [5, 5.41) is 0.927. The number of aromatic nitrogens is 2. The highest BCUT2D eigenvalue weighted by Gasteiger charge is 2.07. The Labute approximate surface area is 99.1 Å². The molecule has 1 aromatic heterocycles. The first kappa shape index (κ1) is 11.0. The number of hydrogen-bond donors (Lipinski definition) is 1. The van der Waals surface area contributed by atoms with Crippen LogP contribution in [0.4, 0.5) is 5.82 Å². The summed E-state index contributed by atoms with van der Waals surface area (Å²) in [5.41, 5.74) is 6.75. The molecule has 0 saturated heterocycles. The van der Waals surface area contributed by atoms with Crippen LogP contribution in [0.3, 0.4) is 0 Å². The van der Waals surface area contributed by atoms with E-state index in [0.717, 1.165) is 15.5 Å². The predicted octanol–water partition coefficient (Wildman–Crippen LogP) is 2.83. The van der Waals surface area contributed by atoms with Crippen LogP contribution in [-0.4, -0.2) is 9.97 Å². The quantitative estimate of drug-likeness (QED) is 0.807. The second-order valence-corrected chi connectivity index (χ2v) is 4.56.